The van der Waals surface area contributed by atoms with Gasteiger partial charge in [-0.05, 0) is 6.07 Å². The summed E-state index contributed by atoms with van der Waals surface area (Å²) in [5.74, 6) is -0.212. The molecule has 2 N–H and O–H groups in total. The summed E-state index contributed by atoms with van der Waals surface area (Å²) in [5.41, 5.74) is 0.826. The molecular formula is C16H19N3O3. The molecule has 3 rings (SSSR count). The van der Waals surface area contributed by atoms with E-state index in [0.717, 1.165) is 38.2 Å². The molecule has 0 spiro atoms. The molecule has 2 heterocycles. The third-order valence-corrected chi connectivity index (χ3v) is 3.81. The highest BCUT2D eigenvalue weighted by atomic mass is 16.5. The lowest BCUT2D eigenvalue weighted by atomic mass is 10.1. The van der Waals surface area contributed by atoms with Crippen molar-refractivity contribution in [1.82, 2.24) is 15.2 Å². The number of carbonyl (C=O) groups excluding carboxylic acids is 1. The van der Waals surface area contributed by atoms with E-state index < -0.39 is 0 Å². The van der Waals surface area contributed by atoms with Crippen molar-refractivity contribution in [1.29, 1.82) is 0 Å². The van der Waals surface area contributed by atoms with E-state index in [1.807, 2.05) is 18.2 Å². The summed E-state index contributed by atoms with van der Waals surface area (Å²) in [4.78, 5) is 29.0. The number of aromatic nitrogens is 1. The molecule has 1 aliphatic rings. The van der Waals surface area contributed by atoms with E-state index in [0.29, 0.717) is 17.6 Å². The Morgan fingerprint density at radius 2 is 2.05 bits per heavy atom. The van der Waals surface area contributed by atoms with Crippen molar-refractivity contribution < 1.29 is 9.53 Å². The van der Waals surface area contributed by atoms with Crippen LogP contribution in [0.15, 0.2) is 35.1 Å². The maximum absolute atomic E-state index is 12.3. The second-order valence-electron chi connectivity index (χ2n) is 5.30. The second-order valence-corrected chi connectivity index (χ2v) is 5.30. The Kier molecular flexibility index (Phi) is 4.50. The highest BCUT2D eigenvalue weighted by molar-refractivity contribution is 6.05. The quantitative estimate of drug-likeness (QED) is 0.867. The monoisotopic (exact) mass is 301 g/mol. The summed E-state index contributed by atoms with van der Waals surface area (Å²) in [6.45, 7) is 4.61. The van der Waals surface area contributed by atoms with Crippen LogP contribution in [-0.2, 0) is 4.74 Å². The first kappa shape index (κ1) is 14.7. The van der Waals surface area contributed by atoms with Gasteiger partial charge in [-0.15, -0.1) is 0 Å². The number of para-hydroxylation sites is 1. The number of H-pyrrole nitrogens is 1. The molecule has 1 amide bonds. The summed E-state index contributed by atoms with van der Waals surface area (Å²) < 4.78 is 5.29. The van der Waals surface area contributed by atoms with Crippen LogP contribution in [0, 0.1) is 0 Å². The van der Waals surface area contributed by atoms with E-state index in [9.17, 15) is 9.59 Å². The minimum absolute atomic E-state index is 0.212. The number of hydrogen-bond donors (Lipinski definition) is 2. The van der Waals surface area contributed by atoms with E-state index in [2.05, 4.69) is 15.2 Å². The van der Waals surface area contributed by atoms with Gasteiger partial charge in [0.05, 0.1) is 18.8 Å². The number of hydrogen-bond acceptors (Lipinski definition) is 4. The lowest BCUT2D eigenvalue weighted by Gasteiger charge is -2.26. The van der Waals surface area contributed by atoms with Gasteiger partial charge < -0.3 is 15.0 Å². The van der Waals surface area contributed by atoms with Crippen LogP contribution in [-0.4, -0.2) is 55.2 Å². The van der Waals surface area contributed by atoms with Crippen LogP contribution >= 0.6 is 0 Å². The maximum Gasteiger partial charge on any atom is 0.252 e. The number of aromatic amines is 1. The summed E-state index contributed by atoms with van der Waals surface area (Å²) >= 11 is 0. The van der Waals surface area contributed by atoms with Gasteiger partial charge in [-0.25, -0.2) is 0 Å². The molecule has 1 saturated heterocycles. The van der Waals surface area contributed by atoms with Crippen LogP contribution < -0.4 is 10.9 Å². The zero-order valence-electron chi connectivity index (χ0n) is 12.3. The first-order valence-electron chi connectivity index (χ1n) is 7.44. The molecule has 6 heteroatoms. The zero-order valence-corrected chi connectivity index (χ0v) is 12.3. The van der Waals surface area contributed by atoms with Gasteiger partial charge in [0.25, 0.3) is 5.91 Å². The fraction of sp³-hybridized carbons (Fsp3) is 0.375. The average Bonchev–Trinajstić information content (AvgIpc) is 2.55. The van der Waals surface area contributed by atoms with Crippen molar-refractivity contribution in [3.05, 3.63) is 46.2 Å². The minimum Gasteiger partial charge on any atom is -0.379 e. The number of nitrogens with one attached hydrogen (secondary N) is 2. The van der Waals surface area contributed by atoms with E-state index in [-0.39, 0.29) is 11.5 Å². The van der Waals surface area contributed by atoms with Crippen LogP contribution in [0.2, 0.25) is 0 Å². The Labute approximate surface area is 128 Å². The van der Waals surface area contributed by atoms with Gasteiger partial charge in [0.2, 0.25) is 5.56 Å². The predicted octanol–water partition coefficient (Wildman–Crippen LogP) is 0.590. The number of nitrogens with zero attached hydrogens (tertiary/aromatic N) is 1. The number of amides is 1. The van der Waals surface area contributed by atoms with Crippen molar-refractivity contribution in [2.75, 3.05) is 39.4 Å². The van der Waals surface area contributed by atoms with Crippen LogP contribution in [0.4, 0.5) is 0 Å². The van der Waals surface area contributed by atoms with Gasteiger partial charge in [0.15, 0.2) is 0 Å². The molecule has 0 aliphatic carbocycles. The van der Waals surface area contributed by atoms with Crippen molar-refractivity contribution in [2.24, 2.45) is 0 Å². The molecular weight excluding hydrogens is 282 g/mol. The second kappa shape index (κ2) is 6.72. The molecule has 22 heavy (non-hydrogen) atoms. The van der Waals surface area contributed by atoms with Gasteiger partial charge in [0.1, 0.15) is 0 Å². The minimum atomic E-state index is -0.267. The molecule has 1 aromatic heterocycles. The first-order chi connectivity index (χ1) is 10.7. The topological polar surface area (TPSA) is 74.4 Å². The van der Waals surface area contributed by atoms with E-state index in [1.165, 1.54) is 6.07 Å². The summed E-state index contributed by atoms with van der Waals surface area (Å²) in [6, 6.07) is 8.67. The SMILES string of the molecule is O=C(NCCN1CCOCC1)c1cc(=O)[nH]c2ccccc12. The Morgan fingerprint density at radius 1 is 1.27 bits per heavy atom. The number of pyridine rings is 1. The van der Waals surface area contributed by atoms with Gasteiger partial charge in [-0.2, -0.15) is 0 Å². The predicted molar refractivity (Wildman–Crippen MR) is 84.2 cm³/mol. The van der Waals surface area contributed by atoms with Crippen LogP contribution in [0.3, 0.4) is 0 Å². The van der Waals surface area contributed by atoms with Crippen LogP contribution in [0.5, 0.6) is 0 Å². The lowest BCUT2D eigenvalue weighted by Crippen LogP contribution is -2.41. The van der Waals surface area contributed by atoms with Crippen LogP contribution in [0.25, 0.3) is 10.9 Å². The highest BCUT2D eigenvalue weighted by Gasteiger charge is 2.13. The standard InChI is InChI=1S/C16H19N3O3/c20-15-11-13(12-3-1-2-4-14(12)18-15)16(21)17-5-6-19-7-9-22-10-8-19/h1-4,11H,5-10H2,(H,17,21)(H,18,20). The number of fused-ring (bicyclic) bond motifs is 1. The van der Waals surface area contributed by atoms with Crippen molar-refractivity contribution >= 4 is 16.8 Å². The van der Waals surface area contributed by atoms with Crippen LogP contribution in [0.1, 0.15) is 10.4 Å². The Morgan fingerprint density at radius 3 is 2.86 bits per heavy atom. The average molecular weight is 301 g/mol. The van der Waals surface area contributed by atoms with E-state index >= 15 is 0 Å². The fourth-order valence-corrected chi connectivity index (χ4v) is 2.64. The number of rotatable bonds is 4. The number of ether oxygens (including phenoxy) is 1. The van der Waals surface area contributed by atoms with Gasteiger partial charge in [-0.1, -0.05) is 18.2 Å². The number of morpholine rings is 1. The van der Waals surface area contributed by atoms with Crippen molar-refractivity contribution in [3.8, 4) is 0 Å². The van der Waals surface area contributed by atoms with E-state index in [4.69, 9.17) is 4.74 Å². The molecule has 1 fully saturated rings. The molecule has 0 bridgehead atoms. The highest BCUT2D eigenvalue weighted by Crippen LogP contribution is 2.14. The Bertz CT molecular complexity index is 720. The maximum atomic E-state index is 12.3. The molecule has 0 unspecified atom stereocenters. The zero-order chi connectivity index (χ0) is 15.4. The molecule has 116 valence electrons. The van der Waals surface area contributed by atoms with Gasteiger partial charge in [-0.3, -0.25) is 14.5 Å². The first-order valence-corrected chi connectivity index (χ1v) is 7.44. The fourth-order valence-electron chi connectivity index (χ4n) is 2.64. The molecule has 6 nitrogen and oxygen atoms in total. The number of benzene rings is 1. The summed E-state index contributed by atoms with van der Waals surface area (Å²) in [7, 11) is 0. The molecule has 1 aromatic carbocycles. The van der Waals surface area contributed by atoms with Crippen molar-refractivity contribution in [2.45, 2.75) is 0 Å². The summed E-state index contributed by atoms with van der Waals surface area (Å²) in [5, 5.41) is 3.65. The van der Waals surface area contributed by atoms with Gasteiger partial charge in [0, 0.05) is 43.1 Å². The summed E-state index contributed by atoms with van der Waals surface area (Å²) in [6.07, 6.45) is 0. The Balaban J connectivity index is 1.68. The Hall–Kier alpha value is -2.18. The largest absolute Gasteiger partial charge is 0.379 e. The number of carbonyl (C=O) groups is 1. The lowest BCUT2D eigenvalue weighted by molar-refractivity contribution is 0.0383. The third-order valence-electron chi connectivity index (χ3n) is 3.81. The van der Waals surface area contributed by atoms with Gasteiger partial charge >= 0.3 is 0 Å². The smallest absolute Gasteiger partial charge is 0.252 e. The van der Waals surface area contributed by atoms with E-state index in [1.54, 1.807) is 6.07 Å². The third kappa shape index (κ3) is 3.35. The normalized spacial score (nSPS) is 15.8. The molecule has 1 aliphatic heterocycles. The van der Waals surface area contributed by atoms with Crippen molar-refractivity contribution in [3.63, 3.8) is 0 Å². The molecule has 0 atom stereocenters. The molecule has 2 aromatic rings. The molecule has 0 radical (unpaired) electrons. The molecule has 0 saturated carbocycles.